The first-order valence-corrected chi connectivity index (χ1v) is 6.07. The molecule has 2 fully saturated rings. The van der Waals surface area contributed by atoms with Gasteiger partial charge in [-0.1, -0.05) is 20.3 Å². The van der Waals surface area contributed by atoms with Crippen molar-refractivity contribution in [3.05, 3.63) is 0 Å². The van der Waals surface area contributed by atoms with Gasteiger partial charge in [-0.3, -0.25) is 4.79 Å². The van der Waals surface area contributed by atoms with Crippen molar-refractivity contribution in [1.82, 2.24) is 4.90 Å². The van der Waals surface area contributed by atoms with Gasteiger partial charge in [-0.25, -0.2) is 0 Å². The SMILES string of the molecule is CC1(C)CCCC1C(=O)N1CC(O)C(O)C1. The molecule has 0 bridgehead atoms. The van der Waals surface area contributed by atoms with Crippen LogP contribution in [-0.2, 0) is 4.79 Å². The molecule has 0 radical (unpaired) electrons. The van der Waals surface area contributed by atoms with Gasteiger partial charge in [-0.05, 0) is 18.3 Å². The minimum atomic E-state index is -0.770. The van der Waals surface area contributed by atoms with Crippen molar-refractivity contribution in [3.63, 3.8) is 0 Å². The molecule has 3 unspecified atom stereocenters. The van der Waals surface area contributed by atoms with E-state index in [-0.39, 0.29) is 30.3 Å². The van der Waals surface area contributed by atoms with Crippen molar-refractivity contribution in [2.75, 3.05) is 13.1 Å². The summed E-state index contributed by atoms with van der Waals surface area (Å²) in [4.78, 5) is 13.9. The number of hydrogen-bond donors (Lipinski definition) is 2. The van der Waals surface area contributed by atoms with Crippen LogP contribution in [0.3, 0.4) is 0 Å². The quantitative estimate of drug-likeness (QED) is 0.680. The molecule has 0 spiro atoms. The molecule has 92 valence electrons. The lowest BCUT2D eigenvalue weighted by atomic mass is 9.81. The molecule has 4 heteroatoms. The van der Waals surface area contributed by atoms with E-state index in [4.69, 9.17) is 0 Å². The van der Waals surface area contributed by atoms with Gasteiger partial charge in [-0.15, -0.1) is 0 Å². The molecular weight excluding hydrogens is 206 g/mol. The highest BCUT2D eigenvalue weighted by molar-refractivity contribution is 5.80. The summed E-state index contributed by atoms with van der Waals surface area (Å²) in [6, 6.07) is 0. The predicted molar refractivity (Wildman–Crippen MR) is 59.7 cm³/mol. The van der Waals surface area contributed by atoms with E-state index in [9.17, 15) is 15.0 Å². The lowest BCUT2D eigenvalue weighted by Gasteiger charge is -2.29. The Hall–Kier alpha value is -0.610. The van der Waals surface area contributed by atoms with Crippen LogP contribution in [0.4, 0.5) is 0 Å². The van der Waals surface area contributed by atoms with E-state index in [0.717, 1.165) is 19.3 Å². The zero-order valence-electron chi connectivity index (χ0n) is 10.0. The number of nitrogens with zero attached hydrogens (tertiary/aromatic N) is 1. The highest BCUT2D eigenvalue weighted by Gasteiger charge is 2.43. The van der Waals surface area contributed by atoms with Crippen LogP contribution >= 0.6 is 0 Å². The second-order valence-corrected chi connectivity index (χ2v) is 5.81. The van der Waals surface area contributed by atoms with Gasteiger partial charge >= 0.3 is 0 Å². The molecule has 2 aliphatic rings. The molecule has 1 heterocycles. The van der Waals surface area contributed by atoms with Gasteiger partial charge in [0, 0.05) is 19.0 Å². The Morgan fingerprint density at radius 2 is 1.81 bits per heavy atom. The van der Waals surface area contributed by atoms with Crippen LogP contribution in [0.25, 0.3) is 0 Å². The zero-order valence-corrected chi connectivity index (χ0v) is 10.0. The Kier molecular flexibility index (Phi) is 2.97. The molecule has 1 saturated carbocycles. The van der Waals surface area contributed by atoms with Crippen LogP contribution in [0.2, 0.25) is 0 Å². The Morgan fingerprint density at radius 3 is 2.25 bits per heavy atom. The summed E-state index contributed by atoms with van der Waals surface area (Å²) in [6.07, 6.45) is 1.58. The number of likely N-dealkylation sites (tertiary alicyclic amines) is 1. The second-order valence-electron chi connectivity index (χ2n) is 5.81. The molecule has 1 amide bonds. The fourth-order valence-electron chi connectivity index (χ4n) is 2.95. The van der Waals surface area contributed by atoms with Crippen LogP contribution < -0.4 is 0 Å². The minimum absolute atomic E-state index is 0.0602. The lowest BCUT2D eigenvalue weighted by Crippen LogP contribution is -2.39. The maximum absolute atomic E-state index is 12.3. The predicted octanol–water partition coefficient (Wildman–Crippen LogP) is 0.377. The highest BCUT2D eigenvalue weighted by atomic mass is 16.3. The summed E-state index contributed by atoms with van der Waals surface area (Å²) in [5.41, 5.74) is 0.0651. The third-order valence-electron chi connectivity index (χ3n) is 4.13. The fraction of sp³-hybridized carbons (Fsp3) is 0.917. The van der Waals surface area contributed by atoms with E-state index in [1.165, 1.54) is 0 Å². The molecule has 3 atom stereocenters. The monoisotopic (exact) mass is 227 g/mol. The van der Waals surface area contributed by atoms with Gasteiger partial charge in [0.1, 0.15) is 0 Å². The number of hydrogen-bond acceptors (Lipinski definition) is 3. The van der Waals surface area contributed by atoms with Gasteiger partial charge in [0.25, 0.3) is 0 Å². The van der Waals surface area contributed by atoms with Crippen LogP contribution in [0.5, 0.6) is 0 Å². The van der Waals surface area contributed by atoms with Crippen molar-refractivity contribution in [2.45, 2.75) is 45.3 Å². The number of amides is 1. The van der Waals surface area contributed by atoms with Crippen molar-refractivity contribution in [3.8, 4) is 0 Å². The molecule has 16 heavy (non-hydrogen) atoms. The van der Waals surface area contributed by atoms with Crippen LogP contribution in [-0.4, -0.2) is 46.3 Å². The Labute approximate surface area is 96.3 Å². The molecule has 0 aromatic heterocycles. The lowest BCUT2D eigenvalue weighted by molar-refractivity contribution is -0.137. The van der Waals surface area contributed by atoms with Crippen LogP contribution in [0.1, 0.15) is 33.1 Å². The first-order valence-electron chi connectivity index (χ1n) is 6.07. The topological polar surface area (TPSA) is 60.8 Å². The molecule has 2 rings (SSSR count). The summed E-state index contributed by atoms with van der Waals surface area (Å²) in [5, 5.41) is 18.9. The van der Waals surface area contributed by atoms with Crippen molar-refractivity contribution >= 4 is 5.91 Å². The Balaban J connectivity index is 2.03. The van der Waals surface area contributed by atoms with E-state index in [0.29, 0.717) is 0 Å². The number of β-amino-alcohol motifs (C(OH)–C–C–N with tert-alkyl or cyclic N) is 2. The number of aliphatic hydroxyl groups is 2. The smallest absolute Gasteiger partial charge is 0.226 e. The molecule has 1 aliphatic carbocycles. The summed E-state index contributed by atoms with van der Waals surface area (Å²) >= 11 is 0. The van der Waals surface area contributed by atoms with Gasteiger partial charge in [0.2, 0.25) is 5.91 Å². The van der Waals surface area contributed by atoms with Gasteiger partial charge in [0.15, 0.2) is 0 Å². The first-order chi connectivity index (χ1) is 7.42. The normalized spacial score (nSPS) is 38.0. The Bertz CT molecular complexity index is 280. The largest absolute Gasteiger partial charge is 0.388 e. The fourth-order valence-corrected chi connectivity index (χ4v) is 2.95. The molecule has 1 saturated heterocycles. The maximum atomic E-state index is 12.3. The summed E-state index contributed by atoms with van der Waals surface area (Å²) in [7, 11) is 0. The summed E-state index contributed by atoms with van der Waals surface area (Å²) in [5.74, 6) is 0.170. The van der Waals surface area contributed by atoms with Crippen molar-refractivity contribution in [1.29, 1.82) is 0 Å². The van der Waals surface area contributed by atoms with Crippen molar-refractivity contribution < 1.29 is 15.0 Å². The molecule has 0 aromatic carbocycles. The first kappa shape index (κ1) is 11.9. The van der Waals surface area contributed by atoms with E-state index in [1.54, 1.807) is 4.90 Å². The maximum Gasteiger partial charge on any atom is 0.226 e. The summed E-state index contributed by atoms with van der Waals surface area (Å²) in [6.45, 7) is 4.83. The van der Waals surface area contributed by atoms with Gasteiger partial charge in [-0.2, -0.15) is 0 Å². The van der Waals surface area contributed by atoms with E-state index < -0.39 is 12.2 Å². The highest BCUT2D eigenvalue weighted by Crippen LogP contribution is 2.43. The van der Waals surface area contributed by atoms with Crippen LogP contribution in [0.15, 0.2) is 0 Å². The van der Waals surface area contributed by atoms with Gasteiger partial charge < -0.3 is 15.1 Å². The molecule has 2 N–H and O–H groups in total. The second kappa shape index (κ2) is 4.00. The molecular formula is C12H21NO3. The molecule has 0 aromatic rings. The standard InChI is InChI=1S/C12H21NO3/c1-12(2)5-3-4-8(12)11(16)13-6-9(14)10(15)7-13/h8-10,14-15H,3-7H2,1-2H3. The van der Waals surface area contributed by atoms with Crippen molar-refractivity contribution in [2.24, 2.45) is 11.3 Å². The summed E-state index contributed by atoms with van der Waals surface area (Å²) < 4.78 is 0. The average Bonchev–Trinajstić information content (AvgIpc) is 2.70. The number of carbonyl (C=O) groups excluding carboxylic acids is 1. The van der Waals surface area contributed by atoms with E-state index >= 15 is 0 Å². The van der Waals surface area contributed by atoms with E-state index in [1.807, 2.05) is 0 Å². The molecule has 1 aliphatic heterocycles. The van der Waals surface area contributed by atoms with E-state index in [2.05, 4.69) is 13.8 Å². The number of aliphatic hydroxyl groups excluding tert-OH is 2. The minimum Gasteiger partial charge on any atom is -0.388 e. The average molecular weight is 227 g/mol. The molecule has 4 nitrogen and oxygen atoms in total. The number of carbonyl (C=O) groups is 1. The van der Waals surface area contributed by atoms with Crippen LogP contribution in [0, 0.1) is 11.3 Å². The number of rotatable bonds is 1. The third-order valence-corrected chi connectivity index (χ3v) is 4.13. The zero-order chi connectivity index (χ0) is 11.9. The Morgan fingerprint density at radius 1 is 1.25 bits per heavy atom. The van der Waals surface area contributed by atoms with Gasteiger partial charge in [0.05, 0.1) is 12.2 Å². The third kappa shape index (κ3) is 1.96.